The van der Waals surface area contributed by atoms with E-state index in [9.17, 15) is 4.39 Å². The minimum absolute atomic E-state index is 0.163. The van der Waals surface area contributed by atoms with Crippen LogP contribution in [0.25, 0.3) is 0 Å². The molecule has 2 aromatic rings. The van der Waals surface area contributed by atoms with Gasteiger partial charge in [-0.2, -0.15) is 0 Å². The van der Waals surface area contributed by atoms with E-state index in [0.29, 0.717) is 5.56 Å². The number of nitrogens with zero attached hydrogens (tertiary/aromatic N) is 2. The third kappa shape index (κ3) is 3.04. The molecule has 0 bridgehead atoms. The van der Waals surface area contributed by atoms with E-state index in [1.54, 1.807) is 6.07 Å². The summed E-state index contributed by atoms with van der Waals surface area (Å²) in [5.74, 6) is -0.163. The van der Waals surface area contributed by atoms with Crippen molar-refractivity contribution in [3.63, 3.8) is 0 Å². The number of halogens is 1. The van der Waals surface area contributed by atoms with Crippen molar-refractivity contribution in [3.8, 4) is 0 Å². The predicted octanol–water partition coefficient (Wildman–Crippen LogP) is 3.69. The predicted molar refractivity (Wildman–Crippen MR) is 80.7 cm³/mol. The van der Waals surface area contributed by atoms with Crippen LogP contribution < -0.4 is 5.32 Å². The summed E-state index contributed by atoms with van der Waals surface area (Å²) >= 11 is 1.33. The highest BCUT2D eigenvalue weighted by atomic mass is 32.1. The Hall–Kier alpha value is -1.33. The summed E-state index contributed by atoms with van der Waals surface area (Å²) in [7, 11) is 0. The average Bonchev–Trinajstić information content (AvgIpc) is 2.78. The molecule has 0 saturated carbocycles. The molecule has 108 valence electrons. The second-order valence-electron chi connectivity index (χ2n) is 5.09. The van der Waals surface area contributed by atoms with E-state index in [4.69, 9.17) is 0 Å². The molecule has 20 heavy (non-hydrogen) atoms. The normalized spacial score (nSPS) is 12.7. The molecule has 0 aliphatic heterocycles. The summed E-state index contributed by atoms with van der Waals surface area (Å²) in [6.45, 7) is 8.71. The van der Waals surface area contributed by atoms with Crippen molar-refractivity contribution in [2.75, 3.05) is 6.54 Å². The zero-order valence-electron chi connectivity index (χ0n) is 12.3. The number of aromatic nitrogens is 2. The molecule has 3 nitrogen and oxygen atoms in total. The monoisotopic (exact) mass is 293 g/mol. The summed E-state index contributed by atoms with van der Waals surface area (Å²) in [5.41, 5.74) is 3.47. The zero-order valence-corrected chi connectivity index (χ0v) is 13.1. The molecule has 5 heteroatoms. The third-order valence-electron chi connectivity index (χ3n) is 3.32. The van der Waals surface area contributed by atoms with E-state index in [1.807, 2.05) is 26.8 Å². The van der Waals surface area contributed by atoms with Gasteiger partial charge < -0.3 is 5.32 Å². The number of benzene rings is 1. The number of nitrogens with one attached hydrogen (secondary N) is 1. The van der Waals surface area contributed by atoms with Crippen LogP contribution in [0.15, 0.2) is 12.1 Å². The Labute approximate surface area is 123 Å². The van der Waals surface area contributed by atoms with Crippen molar-refractivity contribution < 1.29 is 4.39 Å². The van der Waals surface area contributed by atoms with Crippen molar-refractivity contribution >= 4 is 11.5 Å². The van der Waals surface area contributed by atoms with Gasteiger partial charge in [0, 0.05) is 5.56 Å². The summed E-state index contributed by atoms with van der Waals surface area (Å²) in [6.07, 6.45) is 0.994. The van der Waals surface area contributed by atoms with Crippen LogP contribution in [0.2, 0.25) is 0 Å². The Morgan fingerprint density at radius 2 is 2.05 bits per heavy atom. The quantitative estimate of drug-likeness (QED) is 0.913. The molecule has 0 aliphatic rings. The summed E-state index contributed by atoms with van der Waals surface area (Å²) < 4.78 is 18.4. The Morgan fingerprint density at radius 3 is 2.60 bits per heavy atom. The highest BCUT2D eigenvalue weighted by molar-refractivity contribution is 7.05. The van der Waals surface area contributed by atoms with E-state index in [0.717, 1.165) is 34.7 Å². The van der Waals surface area contributed by atoms with Crippen LogP contribution in [0.4, 0.5) is 4.39 Å². The first kappa shape index (κ1) is 15.1. The van der Waals surface area contributed by atoms with E-state index >= 15 is 0 Å². The first-order valence-corrected chi connectivity index (χ1v) is 7.60. The van der Waals surface area contributed by atoms with E-state index in [2.05, 4.69) is 21.8 Å². The van der Waals surface area contributed by atoms with Crippen LogP contribution in [-0.4, -0.2) is 16.1 Å². The van der Waals surface area contributed by atoms with Crippen LogP contribution in [0.3, 0.4) is 0 Å². The van der Waals surface area contributed by atoms with Crippen LogP contribution in [0, 0.1) is 26.6 Å². The molecule has 1 atom stereocenters. The SMILES string of the molecule is CCCNC(c1snnc1C)c1c(C)cc(C)cc1F. The fourth-order valence-electron chi connectivity index (χ4n) is 2.41. The van der Waals surface area contributed by atoms with Gasteiger partial charge in [0.05, 0.1) is 16.6 Å². The zero-order chi connectivity index (χ0) is 14.7. The molecule has 0 fully saturated rings. The molecule has 2 rings (SSSR count). The molecule has 0 amide bonds. The fourth-order valence-corrected chi connectivity index (χ4v) is 3.14. The van der Waals surface area contributed by atoms with Crippen molar-refractivity contribution in [1.29, 1.82) is 0 Å². The largest absolute Gasteiger partial charge is 0.305 e. The van der Waals surface area contributed by atoms with Crippen molar-refractivity contribution in [2.24, 2.45) is 0 Å². The molecule has 1 aromatic heterocycles. The fraction of sp³-hybridized carbons (Fsp3) is 0.467. The topological polar surface area (TPSA) is 37.8 Å². The number of hydrogen-bond donors (Lipinski definition) is 1. The Bertz CT molecular complexity index is 572. The maximum Gasteiger partial charge on any atom is 0.128 e. The van der Waals surface area contributed by atoms with Crippen molar-refractivity contribution in [2.45, 2.75) is 40.2 Å². The van der Waals surface area contributed by atoms with Gasteiger partial charge in [-0.25, -0.2) is 4.39 Å². The minimum Gasteiger partial charge on any atom is -0.305 e. The van der Waals surface area contributed by atoms with E-state index in [-0.39, 0.29) is 11.9 Å². The lowest BCUT2D eigenvalue weighted by atomic mass is 9.96. The molecule has 1 heterocycles. The van der Waals surface area contributed by atoms with Gasteiger partial charge in [-0.05, 0) is 62.5 Å². The van der Waals surface area contributed by atoms with Gasteiger partial charge in [-0.1, -0.05) is 17.5 Å². The first-order chi connectivity index (χ1) is 9.54. The van der Waals surface area contributed by atoms with Gasteiger partial charge in [-0.3, -0.25) is 0 Å². The molecule has 1 aromatic carbocycles. The molecule has 1 unspecified atom stereocenters. The van der Waals surface area contributed by atoms with Gasteiger partial charge in [0.15, 0.2) is 0 Å². The second kappa shape index (κ2) is 6.41. The molecular weight excluding hydrogens is 273 g/mol. The lowest BCUT2D eigenvalue weighted by Gasteiger charge is -2.21. The number of aryl methyl sites for hydroxylation is 3. The van der Waals surface area contributed by atoms with Crippen LogP contribution in [0.5, 0.6) is 0 Å². The molecule has 0 spiro atoms. The molecule has 0 saturated heterocycles. The smallest absolute Gasteiger partial charge is 0.128 e. The summed E-state index contributed by atoms with van der Waals surface area (Å²) in [4.78, 5) is 0.990. The molecule has 0 aliphatic carbocycles. The lowest BCUT2D eigenvalue weighted by molar-refractivity contribution is 0.546. The Kier molecular flexibility index (Phi) is 4.83. The lowest BCUT2D eigenvalue weighted by Crippen LogP contribution is -2.25. The van der Waals surface area contributed by atoms with Gasteiger partial charge in [0.25, 0.3) is 0 Å². The highest BCUT2D eigenvalue weighted by Crippen LogP contribution is 2.31. The van der Waals surface area contributed by atoms with Gasteiger partial charge in [0.1, 0.15) is 5.82 Å². The highest BCUT2D eigenvalue weighted by Gasteiger charge is 2.23. The molecule has 0 radical (unpaired) electrons. The Balaban J connectivity index is 2.50. The van der Waals surface area contributed by atoms with Crippen molar-refractivity contribution in [3.05, 3.63) is 45.2 Å². The van der Waals surface area contributed by atoms with Gasteiger partial charge in [0.2, 0.25) is 0 Å². The second-order valence-corrected chi connectivity index (χ2v) is 5.87. The van der Waals surface area contributed by atoms with E-state index in [1.165, 1.54) is 11.5 Å². The third-order valence-corrected chi connectivity index (χ3v) is 4.21. The first-order valence-electron chi connectivity index (χ1n) is 6.83. The van der Waals surface area contributed by atoms with Gasteiger partial charge in [-0.15, -0.1) is 5.10 Å². The standard InChI is InChI=1S/C15H20FN3S/c1-5-6-17-14(15-11(4)18-19-20-15)13-10(3)7-9(2)8-12(13)16/h7-8,14,17H,5-6H2,1-4H3. The summed E-state index contributed by atoms with van der Waals surface area (Å²) in [6, 6.07) is 3.44. The number of rotatable bonds is 5. The molecule has 1 N–H and O–H groups in total. The average molecular weight is 293 g/mol. The maximum absolute atomic E-state index is 14.4. The van der Waals surface area contributed by atoms with E-state index < -0.39 is 0 Å². The van der Waals surface area contributed by atoms with Crippen LogP contribution in [-0.2, 0) is 0 Å². The number of hydrogen-bond acceptors (Lipinski definition) is 4. The minimum atomic E-state index is -0.171. The molecular formula is C15H20FN3S. The van der Waals surface area contributed by atoms with Crippen LogP contribution >= 0.6 is 11.5 Å². The van der Waals surface area contributed by atoms with Gasteiger partial charge >= 0.3 is 0 Å². The van der Waals surface area contributed by atoms with Crippen molar-refractivity contribution in [1.82, 2.24) is 14.9 Å². The maximum atomic E-state index is 14.4. The van der Waals surface area contributed by atoms with Crippen LogP contribution in [0.1, 0.15) is 46.6 Å². The Morgan fingerprint density at radius 1 is 1.30 bits per heavy atom. The summed E-state index contributed by atoms with van der Waals surface area (Å²) in [5, 5.41) is 7.47.